The molecule has 1 fully saturated rings. The Bertz CT molecular complexity index is 788. The average Bonchev–Trinajstić information content (AvgIpc) is 2.76. The van der Waals surface area contributed by atoms with Crippen LogP contribution in [0.5, 0.6) is 0 Å². The minimum atomic E-state index is 0.692. The Morgan fingerprint density at radius 1 is 0.857 bits per heavy atom. The van der Waals surface area contributed by atoms with Gasteiger partial charge >= 0.3 is 0 Å². The zero-order chi connectivity index (χ0) is 19.6. The second-order valence-electron chi connectivity index (χ2n) is 8.14. The van der Waals surface area contributed by atoms with E-state index in [1.807, 2.05) is 0 Å². The van der Waals surface area contributed by atoms with E-state index in [1.54, 1.807) is 0 Å². The average molecular weight is 371 g/mol. The molecule has 0 spiro atoms. The Balaban J connectivity index is 1.45. The molecule has 0 amide bonds. The molecule has 0 heteroatoms. The molecule has 2 aromatic carbocycles. The number of allylic oxidation sites excluding steroid dienone is 2. The topological polar surface area (TPSA) is 0 Å². The highest BCUT2D eigenvalue weighted by Gasteiger charge is 2.20. The third-order valence-electron chi connectivity index (χ3n) is 6.07. The van der Waals surface area contributed by atoms with E-state index in [2.05, 4.69) is 86.4 Å². The standard InChI is InChI=1S/C28H34/c1-3-5-8-24-11-13-25(14-12-24)9-6-7-10-26-17-21-28(22-18-26)27-19-15-23(4-2)16-20-27/h7,10-16,19-20,26,28H,3-5,8,17-18,21-22H2,1-2H3/t26-,28-. The minimum Gasteiger partial charge on any atom is -0.0730 e. The summed E-state index contributed by atoms with van der Waals surface area (Å²) in [6.07, 6.45) is 14.4. The van der Waals surface area contributed by atoms with Crippen molar-refractivity contribution < 1.29 is 0 Å². The second kappa shape index (κ2) is 10.9. The number of hydrogen-bond donors (Lipinski definition) is 0. The van der Waals surface area contributed by atoms with Gasteiger partial charge in [0.15, 0.2) is 0 Å². The lowest BCUT2D eigenvalue weighted by atomic mass is 9.78. The largest absolute Gasteiger partial charge is 0.0730 e. The molecule has 0 heterocycles. The van der Waals surface area contributed by atoms with Crippen LogP contribution in [0.1, 0.15) is 80.5 Å². The van der Waals surface area contributed by atoms with E-state index < -0.39 is 0 Å². The summed E-state index contributed by atoms with van der Waals surface area (Å²) in [7, 11) is 0. The molecule has 1 aliphatic rings. The zero-order valence-electron chi connectivity index (χ0n) is 17.6. The smallest absolute Gasteiger partial charge is 0.0249 e. The molecule has 0 aromatic heterocycles. The second-order valence-corrected chi connectivity index (χ2v) is 8.14. The summed E-state index contributed by atoms with van der Waals surface area (Å²) in [4.78, 5) is 0. The number of hydrogen-bond acceptors (Lipinski definition) is 0. The summed E-state index contributed by atoms with van der Waals surface area (Å²) in [5.74, 6) is 7.95. The Morgan fingerprint density at radius 2 is 1.54 bits per heavy atom. The summed E-state index contributed by atoms with van der Waals surface area (Å²) in [5, 5.41) is 0. The Labute approximate surface area is 172 Å². The van der Waals surface area contributed by atoms with Gasteiger partial charge in [-0.3, -0.25) is 0 Å². The fraction of sp³-hybridized carbons (Fsp3) is 0.429. The van der Waals surface area contributed by atoms with Crippen molar-refractivity contribution in [1.82, 2.24) is 0 Å². The first kappa shape index (κ1) is 20.5. The third kappa shape index (κ3) is 6.13. The number of benzene rings is 2. The van der Waals surface area contributed by atoms with E-state index in [1.165, 1.54) is 61.6 Å². The van der Waals surface area contributed by atoms with E-state index in [-0.39, 0.29) is 0 Å². The normalized spacial score (nSPS) is 19.4. The van der Waals surface area contributed by atoms with E-state index in [4.69, 9.17) is 0 Å². The predicted molar refractivity (Wildman–Crippen MR) is 122 cm³/mol. The van der Waals surface area contributed by atoms with Crippen LogP contribution in [0.2, 0.25) is 0 Å². The van der Waals surface area contributed by atoms with E-state index in [0.29, 0.717) is 5.92 Å². The van der Waals surface area contributed by atoms with Gasteiger partial charge in [0.2, 0.25) is 0 Å². The zero-order valence-corrected chi connectivity index (χ0v) is 17.6. The summed E-state index contributed by atoms with van der Waals surface area (Å²) in [6, 6.07) is 18.0. The maximum Gasteiger partial charge on any atom is 0.0249 e. The third-order valence-corrected chi connectivity index (χ3v) is 6.07. The maximum absolute atomic E-state index is 3.28. The van der Waals surface area contributed by atoms with Gasteiger partial charge in [-0.05, 0) is 91.7 Å². The van der Waals surface area contributed by atoms with Crippen molar-refractivity contribution in [2.45, 2.75) is 71.1 Å². The van der Waals surface area contributed by atoms with Crippen molar-refractivity contribution in [3.63, 3.8) is 0 Å². The molecular formula is C28H34. The lowest BCUT2D eigenvalue weighted by Gasteiger charge is -2.27. The van der Waals surface area contributed by atoms with Crippen LogP contribution in [0.15, 0.2) is 60.7 Å². The Morgan fingerprint density at radius 3 is 2.18 bits per heavy atom. The van der Waals surface area contributed by atoms with Crippen LogP contribution < -0.4 is 0 Å². The first-order valence-electron chi connectivity index (χ1n) is 11.1. The molecule has 0 atom stereocenters. The first-order valence-corrected chi connectivity index (χ1v) is 11.1. The van der Waals surface area contributed by atoms with Gasteiger partial charge in [-0.2, -0.15) is 0 Å². The van der Waals surface area contributed by atoms with Crippen molar-refractivity contribution >= 4 is 0 Å². The molecule has 1 saturated carbocycles. The molecule has 0 N–H and O–H groups in total. The molecule has 0 bridgehead atoms. The molecule has 0 radical (unpaired) electrons. The number of rotatable bonds is 6. The molecule has 0 nitrogen and oxygen atoms in total. The van der Waals surface area contributed by atoms with Crippen LogP contribution >= 0.6 is 0 Å². The van der Waals surface area contributed by atoms with Gasteiger partial charge in [-0.1, -0.05) is 74.6 Å². The summed E-state index contributed by atoms with van der Waals surface area (Å²) >= 11 is 0. The highest BCUT2D eigenvalue weighted by atomic mass is 14.2. The monoisotopic (exact) mass is 370 g/mol. The molecular weight excluding hydrogens is 336 g/mol. The quantitative estimate of drug-likeness (QED) is 0.462. The number of aryl methyl sites for hydroxylation is 2. The van der Waals surface area contributed by atoms with Crippen molar-refractivity contribution in [3.8, 4) is 11.8 Å². The predicted octanol–water partition coefficient (Wildman–Crippen LogP) is 7.47. The lowest BCUT2D eigenvalue weighted by Crippen LogP contribution is -2.11. The van der Waals surface area contributed by atoms with Gasteiger partial charge in [0.05, 0.1) is 0 Å². The fourth-order valence-electron chi connectivity index (χ4n) is 4.12. The first-order chi connectivity index (χ1) is 13.8. The van der Waals surface area contributed by atoms with Crippen molar-refractivity contribution in [2.75, 3.05) is 0 Å². The van der Waals surface area contributed by atoms with Gasteiger partial charge in [-0.25, -0.2) is 0 Å². The van der Waals surface area contributed by atoms with Crippen molar-refractivity contribution in [3.05, 3.63) is 82.9 Å². The molecule has 28 heavy (non-hydrogen) atoms. The molecule has 0 unspecified atom stereocenters. The Hall–Kier alpha value is -2.26. The number of unbranched alkanes of at least 4 members (excludes halogenated alkanes) is 1. The SMILES string of the molecule is CCCCc1ccc(C#CC=C[C@H]2CC[C@H](c3ccc(CC)cc3)CC2)cc1. The van der Waals surface area contributed by atoms with Crippen LogP contribution in [-0.4, -0.2) is 0 Å². The molecule has 2 aromatic rings. The van der Waals surface area contributed by atoms with E-state index in [0.717, 1.165) is 17.9 Å². The van der Waals surface area contributed by atoms with Crippen LogP contribution in [-0.2, 0) is 12.8 Å². The maximum atomic E-state index is 3.28. The van der Waals surface area contributed by atoms with Gasteiger partial charge in [-0.15, -0.1) is 0 Å². The van der Waals surface area contributed by atoms with Gasteiger partial charge in [0.1, 0.15) is 0 Å². The molecule has 1 aliphatic carbocycles. The van der Waals surface area contributed by atoms with Crippen molar-refractivity contribution in [2.24, 2.45) is 5.92 Å². The lowest BCUT2D eigenvalue weighted by molar-refractivity contribution is 0.376. The van der Waals surface area contributed by atoms with Crippen LogP contribution in [0.3, 0.4) is 0 Å². The molecule has 0 saturated heterocycles. The van der Waals surface area contributed by atoms with E-state index in [9.17, 15) is 0 Å². The summed E-state index contributed by atoms with van der Waals surface area (Å²) < 4.78 is 0. The molecule has 3 rings (SSSR count). The minimum absolute atomic E-state index is 0.692. The Kier molecular flexibility index (Phi) is 7.98. The van der Waals surface area contributed by atoms with Crippen molar-refractivity contribution in [1.29, 1.82) is 0 Å². The fourth-order valence-corrected chi connectivity index (χ4v) is 4.12. The van der Waals surface area contributed by atoms with Crippen LogP contribution in [0, 0.1) is 17.8 Å². The molecule has 146 valence electrons. The summed E-state index contributed by atoms with van der Waals surface area (Å²) in [5.41, 5.74) is 5.50. The van der Waals surface area contributed by atoms with E-state index >= 15 is 0 Å². The van der Waals surface area contributed by atoms with Crippen LogP contribution in [0.25, 0.3) is 0 Å². The summed E-state index contributed by atoms with van der Waals surface area (Å²) in [6.45, 7) is 4.46. The van der Waals surface area contributed by atoms with Gasteiger partial charge in [0, 0.05) is 5.56 Å². The van der Waals surface area contributed by atoms with Crippen LogP contribution in [0.4, 0.5) is 0 Å². The highest BCUT2D eigenvalue weighted by Crippen LogP contribution is 2.36. The molecule has 0 aliphatic heterocycles. The highest BCUT2D eigenvalue weighted by molar-refractivity contribution is 5.38. The van der Waals surface area contributed by atoms with Gasteiger partial charge < -0.3 is 0 Å². The van der Waals surface area contributed by atoms with Gasteiger partial charge in [0.25, 0.3) is 0 Å².